The maximum absolute atomic E-state index is 5.23. The van der Waals surface area contributed by atoms with Gasteiger partial charge >= 0.3 is 0 Å². The largest absolute Gasteiger partial charge is 0.228 e. The topological polar surface area (TPSA) is 25.8 Å². The first-order valence-corrected chi connectivity index (χ1v) is 19.0. The monoisotopic (exact) mass is 702 g/mol. The Labute approximate surface area is 322 Å². The summed E-state index contributed by atoms with van der Waals surface area (Å²) in [6.07, 6.45) is 0. The van der Waals surface area contributed by atoms with Crippen molar-refractivity contribution in [2.24, 2.45) is 0 Å². The van der Waals surface area contributed by atoms with Crippen LogP contribution >= 0.6 is 0 Å². The lowest BCUT2D eigenvalue weighted by molar-refractivity contribution is 0.661. The van der Waals surface area contributed by atoms with Gasteiger partial charge in [-0.2, -0.15) is 0 Å². The number of hydrogen-bond donors (Lipinski definition) is 0. The highest BCUT2D eigenvalue weighted by Crippen LogP contribution is 2.53. The van der Waals surface area contributed by atoms with Gasteiger partial charge in [0, 0.05) is 22.1 Å². The second-order valence-corrected chi connectivity index (χ2v) is 15.0. The highest BCUT2D eigenvalue weighted by molar-refractivity contribution is 5.99. The Morgan fingerprint density at radius 2 is 0.873 bits per heavy atom. The predicted octanol–water partition coefficient (Wildman–Crippen LogP) is 13.9. The summed E-state index contributed by atoms with van der Waals surface area (Å²) in [6, 6.07) is 69.6. The SMILES string of the molecule is CC1(C)c2cc3ccccc3cc2-c2c(-c3cccc(-c4cc(-c5ccc(-c6ccccc6)c(-c6ccccc6)c5)nc(-c5ccccc5)n4)c3)cccc21. The summed E-state index contributed by atoms with van der Waals surface area (Å²) in [5.74, 6) is 0.704. The van der Waals surface area contributed by atoms with Crippen molar-refractivity contribution in [3.63, 3.8) is 0 Å². The molecule has 0 saturated carbocycles. The Balaban J connectivity index is 1.13. The third-order valence-electron chi connectivity index (χ3n) is 11.3. The van der Waals surface area contributed by atoms with Crippen LogP contribution in [0.25, 0.3) is 89.2 Å². The van der Waals surface area contributed by atoms with E-state index in [2.05, 4.69) is 190 Å². The van der Waals surface area contributed by atoms with Crippen molar-refractivity contribution in [2.75, 3.05) is 0 Å². The van der Waals surface area contributed by atoms with Gasteiger partial charge in [-0.05, 0) is 96.7 Å². The van der Waals surface area contributed by atoms with E-state index in [1.54, 1.807) is 0 Å². The van der Waals surface area contributed by atoms with E-state index in [1.807, 2.05) is 18.2 Å². The van der Waals surface area contributed by atoms with Crippen LogP contribution in [0, 0.1) is 0 Å². The third kappa shape index (κ3) is 5.75. The van der Waals surface area contributed by atoms with E-state index in [0.717, 1.165) is 28.1 Å². The molecular weight excluding hydrogens is 665 g/mol. The number of hydrogen-bond acceptors (Lipinski definition) is 2. The van der Waals surface area contributed by atoms with Gasteiger partial charge in [0.25, 0.3) is 0 Å². The van der Waals surface area contributed by atoms with Gasteiger partial charge in [-0.1, -0.05) is 178 Å². The molecule has 0 spiro atoms. The van der Waals surface area contributed by atoms with Gasteiger partial charge < -0.3 is 0 Å². The fraction of sp³-hybridized carbons (Fsp3) is 0.0566. The minimum Gasteiger partial charge on any atom is -0.228 e. The second-order valence-electron chi connectivity index (χ2n) is 15.0. The van der Waals surface area contributed by atoms with Gasteiger partial charge in [-0.3, -0.25) is 0 Å². The third-order valence-corrected chi connectivity index (χ3v) is 11.3. The van der Waals surface area contributed by atoms with Crippen LogP contribution < -0.4 is 0 Å². The zero-order valence-corrected chi connectivity index (χ0v) is 30.9. The molecule has 8 aromatic carbocycles. The molecule has 0 unspecified atom stereocenters. The number of nitrogens with zero attached hydrogens (tertiary/aromatic N) is 2. The van der Waals surface area contributed by atoms with Gasteiger partial charge in [0.15, 0.2) is 5.82 Å². The summed E-state index contributed by atoms with van der Waals surface area (Å²) in [5.41, 5.74) is 17.3. The van der Waals surface area contributed by atoms with Crippen molar-refractivity contribution < 1.29 is 0 Å². The minimum atomic E-state index is -0.108. The maximum atomic E-state index is 5.23. The normalized spacial score (nSPS) is 12.7. The summed E-state index contributed by atoms with van der Waals surface area (Å²) in [4.78, 5) is 10.5. The Morgan fingerprint density at radius 3 is 1.56 bits per heavy atom. The molecule has 0 aliphatic heterocycles. The first kappa shape index (κ1) is 32.7. The number of aromatic nitrogens is 2. The van der Waals surface area contributed by atoms with Crippen LogP contribution in [0.4, 0.5) is 0 Å². The van der Waals surface area contributed by atoms with Gasteiger partial charge in [-0.25, -0.2) is 9.97 Å². The molecule has 1 aromatic heterocycles. The van der Waals surface area contributed by atoms with E-state index < -0.39 is 0 Å². The molecule has 2 heteroatoms. The van der Waals surface area contributed by atoms with Crippen molar-refractivity contribution in [3.8, 4) is 78.4 Å². The average molecular weight is 703 g/mol. The molecule has 0 fully saturated rings. The van der Waals surface area contributed by atoms with E-state index >= 15 is 0 Å². The van der Waals surface area contributed by atoms with E-state index in [-0.39, 0.29) is 5.41 Å². The standard InChI is InChI=1S/C53H38N2/c1-53(2)47-27-15-26-44(51(47)46-31-38-22-12-13-23-39(38)33-48(46)53)40-24-14-25-41(30-40)49-34-50(55-52(54-49)37-20-10-5-11-21-37)42-28-29-43(35-16-6-3-7-17-35)45(32-42)36-18-8-4-9-19-36/h3-34H,1-2H3. The van der Waals surface area contributed by atoms with Crippen LogP contribution in [0.2, 0.25) is 0 Å². The van der Waals surface area contributed by atoms with Gasteiger partial charge in [0.1, 0.15) is 0 Å². The maximum Gasteiger partial charge on any atom is 0.160 e. The summed E-state index contributed by atoms with van der Waals surface area (Å²) < 4.78 is 0. The fourth-order valence-corrected chi connectivity index (χ4v) is 8.45. The highest BCUT2D eigenvalue weighted by Gasteiger charge is 2.37. The molecule has 10 rings (SSSR count). The Kier molecular flexibility index (Phi) is 7.85. The second kappa shape index (κ2) is 13.2. The predicted molar refractivity (Wildman–Crippen MR) is 230 cm³/mol. The molecule has 0 N–H and O–H groups in total. The van der Waals surface area contributed by atoms with Crippen molar-refractivity contribution in [2.45, 2.75) is 19.3 Å². The summed E-state index contributed by atoms with van der Waals surface area (Å²) in [5, 5.41) is 2.55. The van der Waals surface area contributed by atoms with Crippen molar-refractivity contribution in [1.82, 2.24) is 9.97 Å². The fourth-order valence-electron chi connectivity index (χ4n) is 8.45. The van der Waals surface area contributed by atoms with Crippen LogP contribution in [0.3, 0.4) is 0 Å². The van der Waals surface area contributed by atoms with Crippen molar-refractivity contribution in [1.29, 1.82) is 0 Å². The van der Waals surface area contributed by atoms with Crippen LogP contribution in [0.1, 0.15) is 25.0 Å². The van der Waals surface area contributed by atoms with E-state index in [4.69, 9.17) is 9.97 Å². The Bertz CT molecular complexity index is 2870. The first-order valence-electron chi connectivity index (χ1n) is 19.0. The molecule has 1 aliphatic rings. The molecule has 55 heavy (non-hydrogen) atoms. The van der Waals surface area contributed by atoms with E-state index in [0.29, 0.717) is 5.82 Å². The van der Waals surface area contributed by atoms with Gasteiger partial charge in [-0.15, -0.1) is 0 Å². The molecule has 0 amide bonds. The molecule has 9 aromatic rings. The average Bonchev–Trinajstić information content (AvgIpc) is 3.48. The molecule has 2 nitrogen and oxygen atoms in total. The number of fused-ring (bicyclic) bond motifs is 4. The lowest BCUT2D eigenvalue weighted by atomic mass is 9.81. The molecule has 260 valence electrons. The molecule has 0 bridgehead atoms. The first-order chi connectivity index (χ1) is 27.0. The summed E-state index contributed by atoms with van der Waals surface area (Å²) >= 11 is 0. The van der Waals surface area contributed by atoms with Gasteiger partial charge in [0.05, 0.1) is 11.4 Å². The van der Waals surface area contributed by atoms with Gasteiger partial charge in [0.2, 0.25) is 0 Å². The van der Waals surface area contributed by atoms with Crippen LogP contribution in [-0.4, -0.2) is 9.97 Å². The number of rotatable bonds is 6. The lowest BCUT2D eigenvalue weighted by Gasteiger charge is -2.22. The van der Waals surface area contributed by atoms with E-state index in [1.165, 1.54) is 66.4 Å². The van der Waals surface area contributed by atoms with E-state index in [9.17, 15) is 0 Å². The molecule has 1 aliphatic carbocycles. The Hall–Kier alpha value is -6.90. The Morgan fingerprint density at radius 1 is 0.327 bits per heavy atom. The molecule has 0 radical (unpaired) electrons. The smallest absolute Gasteiger partial charge is 0.160 e. The van der Waals surface area contributed by atoms with Crippen molar-refractivity contribution in [3.05, 3.63) is 205 Å². The summed E-state index contributed by atoms with van der Waals surface area (Å²) in [6.45, 7) is 4.71. The van der Waals surface area contributed by atoms with Crippen molar-refractivity contribution >= 4 is 10.8 Å². The lowest BCUT2D eigenvalue weighted by Crippen LogP contribution is -2.14. The molecule has 1 heterocycles. The quantitative estimate of drug-likeness (QED) is 0.172. The summed E-state index contributed by atoms with van der Waals surface area (Å²) in [7, 11) is 0. The van der Waals surface area contributed by atoms with Crippen LogP contribution in [0.5, 0.6) is 0 Å². The molecular formula is C53H38N2. The molecule has 0 atom stereocenters. The molecule has 0 saturated heterocycles. The highest BCUT2D eigenvalue weighted by atomic mass is 14.9. The zero-order chi connectivity index (χ0) is 36.9. The minimum absolute atomic E-state index is 0.108. The van der Waals surface area contributed by atoms with Crippen LogP contribution in [0.15, 0.2) is 194 Å². The number of benzene rings is 8. The van der Waals surface area contributed by atoms with Crippen LogP contribution in [-0.2, 0) is 5.41 Å². The zero-order valence-electron chi connectivity index (χ0n) is 30.9.